The normalized spacial score (nSPS) is 18.7. The number of piperidine rings is 1. The predicted octanol–water partition coefficient (Wildman–Crippen LogP) is 4.64. The number of hydrogen-bond donors (Lipinski definition) is 0. The summed E-state index contributed by atoms with van der Waals surface area (Å²) in [5.74, 6) is 1.03. The molecule has 1 atom stereocenters. The molecule has 12 heteroatoms. The SMILES string of the molecule is CCC1CCCCN1S(=O)(=O)c1ccc(C(=O)N(CCCN2CCOCC2)c2nc3c(OC)ccc(OC)c3s2)cc1. The third-order valence-electron chi connectivity index (χ3n) is 8.09. The average molecular weight is 617 g/mol. The first-order valence-corrected chi connectivity index (χ1v) is 16.9. The Kier molecular flexibility index (Phi) is 10.00. The van der Waals surface area contributed by atoms with E-state index in [1.54, 1.807) is 53.8 Å². The van der Waals surface area contributed by atoms with Gasteiger partial charge in [-0.1, -0.05) is 24.7 Å². The van der Waals surface area contributed by atoms with Crippen molar-refractivity contribution >= 4 is 42.6 Å². The standard InChI is InChI=1S/C30H40N4O6S2/c1-4-23-8-5-6-17-34(23)42(36,37)24-11-9-22(10-12-24)29(35)33(16-7-15-32-18-20-40-21-19-32)30-31-27-25(38-2)13-14-26(39-3)28(27)41-30/h9-14,23H,4-8,15-21H2,1-3H3. The Labute approximate surface area is 252 Å². The van der Waals surface area contributed by atoms with Gasteiger partial charge in [0.05, 0.1) is 32.3 Å². The Balaban J connectivity index is 1.43. The first-order valence-electron chi connectivity index (χ1n) is 14.6. The van der Waals surface area contributed by atoms with E-state index in [2.05, 4.69) is 4.90 Å². The topological polar surface area (TPSA) is 102 Å². The maximum Gasteiger partial charge on any atom is 0.260 e. The van der Waals surface area contributed by atoms with Crippen LogP contribution in [0, 0.1) is 0 Å². The van der Waals surface area contributed by atoms with Gasteiger partial charge in [0.15, 0.2) is 5.13 Å². The van der Waals surface area contributed by atoms with Crippen LogP contribution < -0.4 is 14.4 Å². The van der Waals surface area contributed by atoms with E-state index in [-0.39, 0.29) is 16.8 Å². The molecule has 5 rings (SSSR count). The molecule has 2 fully saturated rings. The predicted molar refractivity (Wildman–Crippen MR) is 165 cm³/mol. The molecule has 3 aromatic rings. The molecular weight excluding hydrogens is 576 g/mol. The van der Waals surface area contributed by atoms with Crippen molar-refractivity contribution in [2.75, 3.05) is 65.1 Å². The quantitative estimate of drug-likeness (QED) is 0.307. The van der Waals surface area contributed by atoms with Crippen molar-refractivity contribution in [3.8, 4) is 11.5 Å². The molecule has 1 amide bonds. The number of benzene rings is 2. The van der Waals surface area contributed by atoms with Crippen molar-refractivity contribution < 1.29 is 27.4 Å². The zero-order valence-electron chi connectivity index (χ0n) is 24.6. The Hall–Kier alpha value is -2.77. The van der Waals surface area contributed by atoms with Crippen molar-refractivity contribution in [3.05, 3.63) is 42.0 Å². The minimum absolute atomic E-state index is 0.0139. The Morgan fingerprint density at radius 3 is 2.45 bits per heavy atom. The van der Waals surface area contributed by atoms with Crippen molar-refractivity contribution in [2.45, 2.75) is 50.0 Å². The van der Waals surface area contributed by atoms with E-state index < -0.39 is 10.0 Å². The molecule has 0 saturated carbocycles. The lowest BCUT2D eigenvalue weighted by Gasteiger charge is -2.34. The highest BCUT2D eigenvalue weighted by atomic mass is 32.2. The fraction of sp³-hybridized carbons (Fsp3) is 0.533. The molecule has 0 spiro atoms. The summed E-state index contributed by atoms with van der Waals surface area (Å²) in [7, 11) is -0.447. The van der Waals surface area contributed by atoms with Gasteiger partial charge in [-0.2, -0.15) is 4.31 Å². The molecule has 3 heterocycles. The molecule has 2 aliphatic heterocycles. The largest absolute Gasteiger partial charge is 0.495 e. The number of amides is 1. The average Bonchev–Trinajstić information content (AvgIpc) is 3.48. The zero-order chi connectivity index (χ0) is 29.7. The second kappa shape index (κ2) is 13.7. The minimum atomic E-state index is -3.64. The lowest BCUT2D eigenvalue weighted by Crippen LogP contribution is -2.43. The third kappa shape index (κ3) is 6.42. The van der Waals surface area contributed by atoms with Crippen LogP contribution in [-0.2, 0) is 14.8 Å². The number of morpholine rings is 1. The van der Waals surface area contributed by atoms with Gasteiger partial charge in [-0.05, 0) is 62.1 Å². The van der Waals surface area contributed by atoms with E-state index in [9.17, 15) is 13.2 Å². The van der Waals surface area contributed by atoms with E-state index in [0.717, 1.165) is 56.4 Å². The van der Waals surface area contributed by atoms with Crippen LogP contribution in [0.2, 0.25) is 0 Å². The summed E-state index contributed by atoms with van der Waals surface area (Å²) in [6, 6.07) is 9.99. The van der Waals surface area contributed by atoms with Gasteiger partial charge < -0.3 is 14.2 Å². The summed E-state index contributed by atoms with van der Waals surface area (Å²) in [5.41, 5.74) is 1.04. The fourth-order valence-electron chi connectivity index (χ4n) is 5.71. The maximum absolute atomic E-state index is 14.0. The van der Waals surface area contributed by atoms with Crippen LogP contribution >= 0.6 is 11.3 Å². The van der Waals surface area contributed by atoms with Crippen molar-refractivity contribution in [1.29, 1.82) is 0 Å². The van der Waals surface area contributed by atoms with Crippen LogP contribution in [0.1, 0.15) is 49.4 Å². The first-order chi connectivity index (χ1) is 20.4. The van der Waals surface area contributed by atoms with Gasteiger partial charge in [-0.25, -0.2) is 13.4 Å². The number of rotatable bonds is 11. The minimum Gasteiger partial charge on any atom is -0.495 e. The van der Waals surface area contributed by atoms with E-state index in [4.69, 9.17) is 19.2 Å². The van der Waals surface area contributed by atoms with Crippen molar-refractivity contribution in [1.82, 2.24) is 14.2 Å². The number of carbonyl (C=O) groups is 1. The third-order valence-corrected chi connectivity index (χ3v) is 11.1. The number of aromatic nitrogens is 1. The maximum atomic E-state index is 14.0. The highest BCUT2D eigenvalue weighted by Gasteiger charge is 2.33. The number of hydrogen-bond acceptors (Lipinski definition) is 9. The summed E-state index contributed by atoms with van der Waals surface area (Å²) in [5, 5.41) is 0.538. The zero-order valence-corrected chi connectivity index (χ0v) is 26.2. The number of nitrogens with zero attached hydrogens (tertiary/aromatic N) is 4. The van der Waals surface area contributed by atoms with Crippen LogP contribution in [0.3, 0.4) is 0 Å². The number of carbonyl (C=O) groups excluding carboxylic acids is 1. The lowest BCUT2D eigenvalue weighted by molar-refractivity contribution is 0.0376. The molecule has 0 radical (unpaired) electrons. The highest BCUT2D eigenvalue weighted by molar-refractivity contribution is 7.89. The summed E-state index contributed by atoms with van der Waals surface area (Å²) in [4.78, 5) is 23.1. The second-order valence-electron chi connectivity index (χ2n) is 10.6. The molecule has 42 heavy (non-hydrogen) atoms. The molecule has 0 aliphatic carbocycles. The molecule has 1 aromatic heterocycles. The summed E-state index contributed by atoms with van der Waals surface area (Å²) >= 11 is 1.38. The summed E-state index contributed by atoms with van der Waals surface area (Å²) in [6.07, 6.45) is 4.32. The van der Waals surface area contributed by atoms with Gasteiger partial charge in [-0.3, -0.25) is 14.6 Å². The number of sulfonamides is 1. The van der Waals surface area contributed by atoms with Crippen LogP contribution in [0.5, 0.6) is 11.5 Å². The second-order valence-corrected chi connectivity index (χ2v) is 13.5. The van der Waals surface area contributed by atoms with Gasteiger partial charge in [0.2, 0.25) is 10.0 Å². The molecule has 2 aliphatic rings. The molecule has 2 aromatic carbocycles. The Morgan fingerprint density at radius 2 is 1.76 bits per heavy atom. The van der Waals surface area contributed by atoms with Crippen LogP contribution in [0.15, 0.2) is 41.3 Å². The number of methoxy groups -OCH3 is 2. The van der Waals surface area contributed by atoms with E-state index in [1.165, 1.54) is 11.3 Å². The van der Waals surface area contributed by atoms with Gasteiger partial charge in [0.25, 0.3) is 5.91 Å². The fourth-order valence-corrected chi connectivity index (χ4v) is 8.58. The summed E-state index contributed by atoms with van der Waals surface area (Å²) in [6.45, 7) is 7.01. The highest BCUT2D eigenvalue weighted by Crippen LogP contribution is 2.40. The molecule has 0 bridgehead atoms. The molecule has 10 nitrogen and oxygen atoms in total. The molecule has 228 valence electrons. The Morgan fingerprint density at radius 1 is 1.05 bits per heavy atom. The molecule has 2 saturated heterocycles. The first kappa shape index (κ1) is 30.7. The van der Waals surface area contributed by atoms with Gasteiger partial charge in [0, 0.05) is 44.3 Å². The van der Waals surface area contributed by atoms with Gasteiger partial charge >= 0.3 is 0 Å². The van der Waals surface area contributed by atoms with E-state index in [1.807, 2.05) is 13.0 Å². The van der Waals surface area contributed by atoms with Crippen molar-refractivity contribution in [3.63, 3.8) is 0 Å². The van der Waals surface area contributed by atoms with Crippen LogP contribution in [0.25, 0.3) is 10.2 Å². The number of fused-ring (bicyclic) bond motifs is 1. The summed E-state index contributed by atoms with van der Waals surface area (Å²) < 4.78 is 46.0. The lowest BCUT2D eigenvalue weighted by atomic mass is 10.0. The monoisotopic (exact) mass is 616 g/mol. The van der Waals surface area contributed by atoms with Crippen LogP contribution in [-0.4, -0.2) is 94.7 Å². The van der Waals surface area contributed by atoms with E-state index in [0.29, 0.717) is 54.0 Å². The molecular formula is C30H40N4O6S2. The number of anilines is 1. The van der Waals surface area contributed by atoms with Gasteiger partial charge in [-0.15, -0.1) is 0 Å². The smallest absolute Gasteiger partial charge is 0.260 e. The van der Waals surface area contributed by atoms with Gasteiger partial charge in [0.1, 0.15) is 21.7 Å². The molecule has 0 N–H and O–H groups in total. The molecule has 1 unspecified atom stereocenters. The Bertz CT molecular complexity index is 1430. The number of ether oxygens (including phenoxy) is 3. The number of thiazole rings is 1. The van der Waals surface area contributed by atoms with Crippen LogP contribution in [0.4, 0.5) is 5.13 Å². The van der Waals surface area contributed by atoms with E-state index >= 15 is 0 Å². The van der Waals surface area contributed by atoms with Crippen molar-refractivity contribution in [2.24, 2.45) is 0 Å².